The summed E-state index contributed by atoms with van der Waals surface area (Å²) in [7, 11) is 1.73. The number of hydrogen-bond donors (Lipinski definition) is 1. The number of amides is 1. The Morgan fingerprint density at radius 1 is 1.30 bits per heavy atom. The Kier molecular flexibility index (Phi) is 5.10. The average molecular weight is 316 g/mol. The normalized spacial score (nSPS) is 12.0. The molecule has 2 rings (SSSR count). The van der Waals surface area contributed by atoms with Crippen molar-refractivity contribution in [1.82, 2.24) is 19.9 Å². The van der Waals surface area contributed by atoms with E-state index in [0.29, 0.717) is 0 Å². The fourth-order valence-corrected chi connectivity index (χ4v) is 2.17. The first-order valence-corrected chi connectivity index (χ1v) is 7.31. The second kappa shape index (κ2) is 7.04. The van der Waals surface area contributed by atoms with Gasteiger partial charge in [-0.05, 0) is 25.8 Å². The van der Waals surface area contributed by atoms with Crippen LogP contribution in [0.25, 0.3) is 0 Å². The van der Waals surface area contributed by atoms with Gasteiger partial charge in [-0.15, -0.1) is 5.10 Å². The van der Waals surface area contributed by atoms with Gasteiger partial charge in [0.1, 0.15) is 6.54 Å². The third-order valence-electron chi connectivity index (χ3n) is 3.76. The van der Waals surface area contributed by atoms with Gasteiger partial charge in [-0.25, -0.2) is 9.48 Å². The van der Waals surface area contributed by atoms with Gasteiger partial charge in [0.25, 0.3) is 0 Å². The van der Waals surface area contributed by atoms with Crippen LogP contribution >= 0.6 is 0 Å². The Bertz CT molecular complexity index is 694. The standard InChI is InChI=1S/C16H20N4O3/c1-11-4-6-13(7-5-11)8-12(2)19(3)15(21)10-20-9-14(16(22)23)17-18-20/h4-7,9,12H,8,10H2,1-3H3,(H,22,23). The number of carboxylic acid groups (broad SMARTS) is 1. The van der Waals surface area contributed by atoms with Gasteiger partial charge < -0.3 is 10.0 Å². The molecule has 0 spiro atoms. The molecule has 0 aliphatic heterocycles. The van der Waals surface area contributed by atoms with Crippen molar-refractivity contribution in [3.8, 4) is 0 Å². The van der Waals surface area contributed by atoms with Crippen LogP contribution in [0.5, 0.6) is 0 Å². The Morgan fingerprint density at radius 2 is 1.96 bits per heavy atom. The minimum absolute atomic E-state index is 0.0210. The lowest BCUT2D eigenvalue weighted by atomic mass is 10.0. The molecule has 7 nitrogen and oxygen atoms in total. The summed E-state index contributed by atoms with van der Waals surface area (Å²) in [6.07, 6.45) is 2.00. The number of carboxylic acids is 1. The lowest BCUT2D eigenvalue weighted by molar-refractivity contribution is -0.132. The summed E-state index contributed by atoms with van der Waals surface area (Å²) in [6.45, 7) is 3.98. The number of aryl methyl sites for hydroxylation is 1. The van der Waals surface area contributed by atoms with Crippen molar-refractivity contribution in [2.75, 3.05) is 7.05 Å². The summed E-state index contributed by atoms with van der Waals surface area (Å²) in [6, 6.07) is 8.23. The quantitative estimate of drug-likeness (QED) is 0.869. The molecule has 0 fully saturated rings. The maximum atomic E-state index is 12.3. The van der Waals surface area contributed by atoms with E-state index < -0.39 is 5.97 Å². The Labute approximate surface area is 134 Å². The van der Waals surface area contributed by atoms with Gasteiger partial charge in [0.15, 0.2) is 5.69 Å². The highest BCUT2D eigenvalue weighted by Crippen LogP contribution is 2.10. The van der Waals surface area contributed by atoms with Crippen molar-refractivity contribution >= 4 is 11.9 Å². The zero-order chi connectivity index (χ0) is 17.0. The fraction of sp³-hybridized carbons (Fsp3) is 0.375. The molecule has 0 saturated carbocycles. The first-order chi connectivity index (χ1) is 10.9. The van der Waals surface area contributed by atoms with Gasteiger partial charge in [-0.1, -0.05) is 35.0 Å². The van der Waals surface area contributed by atoms with E-state index in [1.165, 1.54) is 16.4 Å². The number of hydrogen-bond acceptors (Lipinski definition) is 4. The zero-order valence-corrected chi connectivity index (χ0v) is 13.4. The molecule has 0 bridgehead atoms. The minimum atomic E-state index is -1.16. The summed E-state index contributed by atoms with van der Waals surface area (Å²) in [5.74, 6) is -1.31. The first-order valence-electron chi connectivity index (χ1n) is 7.31. The van der Waals surface area contributed by atoms with Crippen molar-refractivity contribution in [1.29, 1.82) is 0 Å². The van der Waals surface area contributed by atoms with Crippen LogP contribution in [0.15, 0.2) is 30.5 Å². The predicted molar refractivity (Wildman–Crippen MR) is 84.1 cm³/mol. The summed E-state index contributed by atoms with van der Waals surface area (Å²) in [4.78, 5) is 24.7. The zero-order valence-electron chi connectivity index (χ0n) is 13.4. The van der Waals surface area contributed by atoms with Gasteiger partial charge in [0.2, 0.25) is 5.91 Å². The Hall–Kier alpha value is -2.70. The topological polar surface area (TPSA) is 88.3 Å². The molecule has 0 radical (unpaired) electrons. The number of aromatic nitrogens is 3. The number of nitrogens with zero attached hydrogens (tertiary/aromatic N) is 4. The maximum absolute atomic E-state index is 12.3. The lowest BCUT2D eigenvalue weighted by Gasteiger charge is -2.25. The molecule has 1 heterocycles. The lowest BCUT2D eigenvalue weighted by Crippen LogP contribution is -2.38. The van der Waals surface area contributed by atoms with Crippen LogP contribution in [0.2, 0.25) is 0 Å². The van der Waals surface area contributed by atoms with E-state index in [0.717, 1.165) is 12.0 Å². The van der Waals surface area contributed by atoms with E-state index in [2.05, 4.69) is 22.4 Å². The molecule has 0 aliphatic carbocycles. The summed E-state index contributed by atoms with van der Waals surface area (Å²) >= 11 is 0. The molecule has 2 aromatic rings. The molecule has 1 unspecified atom stereocenters. The molecule has 1 N–H and O–H groups in total. The Balaban J connectivity index is 1.94. The van der Waals surface area contributed by atoms with E-state index in [4.69, 9.17) is 5.11 Å². The summed E-state index contributed by atoms with van der Waals surface area (Å²) < 4.78 is 1.24. The van der Waals surface area contributed by atoms with Crippen LogP contribution < -0.4 is 0 Å². The highest BCUT2D eigenvalue weighted by Gasteiger charge is 2.18. The molecule has 1 aromatic carbocycles. The van der Waals surface area contributed by atoms with Crippen LogP contribution in [0.4, 0.5) is 0 Å². The second-order valence-corrected chi connectivity index (χ2v) is 5.65. The molecule has 1 atom stereocenters. The van der Waals surface area contributed by atoms with Gasteiger partial charge in [-0.2, -0.15) is 0 Å². The highest BCUT2D eigenvalue weighted by atomic mass is 16.4. The number of benzene rings is 1. The van der Waals surface area contributed by atoms with Gasteiger partial charge >= 0.3 is 5.97 Å². The number of aromatic carboxylic acids is 1. The molecule has 0 aliphatic rings. The van der Waals surface area contributed by atoms with Crippen molar-refractivity contribution in [3.05, 3.63) is 47.3 Å². The highest BCUT2D eigenvalue weighted by molar-refractivity contribution is 5.84. The van der Waals surface area contributed by atoms with Gasteiger partial charge in [0.05, 0.1) is 6.20 Å². The maximum Gasteiger partial charge on any atom is 0.358 e. The third-order valence-corrected chi connectivity index (χ3v) is 3.76. The number of carbonyl (C=O) groups is 2. The molecular weight excluding hydrogens is 296 g/mol. The monoisotopic (exact) mass is 316 g/mol. The molecule has 0 saturated heterocycles. The van der Waals surface area contributed by atoms with E-state index in [1.54, 1.807) is 11.9 Å². The minimum Gasteiger partial charge on any atom is -0.476 e. The largest absolute Gasteiger partial charge is 0.476 e. The molecule has 23 heavy (non-hydrogen) atoms. The molecule has 122 valence electrons. The Morgan fingerprint density at radius 3 is 2.52 bits per heavy atom. The van der Waals surface area contributed by atoms with Gasteiger partial charge in [0, 0.05) is 13.1 Å². The average Bonchev–Trinajstić information content (AvgIpc) is 2.97. The van der Waals surface area contributed by atoms with E-state index in [1.807, 2.05) is 26.0 Å². The van der Waals surface area contributed by atoms with E-state index in [9.17, 15) is 9.59 Å². The molecule has 1 aromatic heterocycles. The summed E-state index contributed by atoms with van der Waals surface area (Å²) in [5.41, 5.74) is 2.19. The van der Waals surface area contributed by atoms with Crippen LogP contribution in [0, 0.1) is 6.92 Å². The van der Waals surface area contributed by atoms with Crippen LogP contribution in [0.3, 0.4) is 0 Å². The molecular formula is C16H20N4O3. The molecule has 7 heteroatoms. The van der Waals surface area contributed by atoms with Crippen LogP contribution in [-0.2, 0) is 17.8 Å². The predicted octanol–water partition coefficient (Wildman–Crippen LogP) is 1.37. The van der Waals surface area contributed by atoms with E-state index >= 15 is 0 Å². The molecule has 1 amide bonds. The summed E-state index contributed by atoms with van der Waals surface area (Å²) in [5, 5.41) is 15.9. The first kappa shape index (κ1) is 16.7. The second-order valence-electron chi connectivity index (χ2n) is 5.65. The number of likely N-dealkylation sites (N-methyl/N-ethyl adjacent to an activating group) is 1. The SMILES string of the molecule is Cc1ccc(CC(C)N(C)C(=O)Cn2cc(C(=O)O)nn2)cc1. The van der Waals surface area contributed by atoms with Crippen molar-refractivity contribution in [3.63, 3.8) is 0 Å². The fourth-order valence-electron chi connectivity index (χ4n) is 2.17. The third kappa shape index (κ3) is 4.38. The van der Waals surface area contributed by atoms with Crippen LogP contribution in [-0.4, -0.2) is 50.0 Å². The smallest absolute Gasteiger partial charge is 0.358 e. The number of rotatable bonds is 6. The van der Waals surface area contributed by atoms with Crippen molar-refractivity contribution < 1.29 is 14.7 Å². The number of carbonyl (C=O) groups excluding carboxylic acids is 1. The van der Waals surface area contributed by atoms with Crippen molar-refractivity contribution in [2.45, 2.75) is 32.9 Å². The van der Waals surface area contributed by atoms with E-state index in [-0.39, 0.29) is 24.2 Å². The van der Waals surface area contributed by atoms with Crippen LogP contribution in [0.1, 0.15) is 28.5 Å². The van der Waals surface area contributed by atoms with Gasteiger partial charge in [-0.3, -0.25) is 4.79 Å². The van der Waals surface area contributed by atoms with Crippen molar-refractivity contribution in [2.24, 2.45) is 0 Å².